The highest BCUT2D eigenvalue weighted by molar-refractivity contribution is 9.10. The van der Waals surface area contributed by atoms with Crippen LogP contribution in [0.3, 0.4) is 0 Å². The van der Waals surface area contributed by atoms with Crippen LogP contribution in [-0.4, -0.2) is 23.2 Å². The van der Waals surface area contributed by atoms with Crippen molar-refractivity contribution in [2.24, 2.45) is 0 Å². The lowest BCUT2D eigenvalue weighted by Crippen LogP contribution is -2.29. The van der Waals surface area contributed by atoms with E-state index in [-0.39, 0.29) is 33.9 Å². The SMILES string of the molecule is CCOC(=O)c1cn2c3c(c(Br)c(F)cc3c1=O)O[C@H](C)C2. The Hall–Kier alpha value is -1.89. The lowest BCUT2D eigenvalue weighted by Gasteiger charge is -2.27. The van der Waals surface area contributed by atoms with Crippen LogP contribution in [0.2, 0.25) is 0 Å². The van der Waals surface area contributed by atoms with Gasteiger partial charge >= 0.3 is 5.97 Å². The van der Waals surface area contributed by atoms with Crippen LogP contribution in [0.1, 0.15) is 24.2 Å². The minimum absolute atomic E-state index is 0.101. The van der Waals surface area contributed by atoms with Crippen LogP contribution in [0.25, 0.3) is 10.9 Å². The van der Waals surface area contributed by atoms with E-state index < -0.39 is 17.2 Å². The zero-order valence-electron chi connectivity index (χ0n) is 12.0. The molecule has 116 valence electrons. The zero-order chi connectivity index (χ0) is 16.0. The normalized spacial score (nSPS) is 16.5. The molecule has 1 aliphatic heterocycles. The smallest absolute Gasteiger partial charge is 0.343 e. The van der Waals surface area contributed by atoms with E-state index in [1.807, 2.05) is 6.92 Å². The summed E-state index contributed by atoms with van der Waals surface area (Å²) in [5, 5.41) is 0.105. The van der Waals surface area contributed by atoms with Crippen molar-refractivity contribution in [2.45, 2.75) is 26.5 Å². The molecule has 1 aromatic heterocycles. The second kappa shape index (κ2) is 5.39. The fraction of sp³-hybridized carbons (Fsp3) is 0.333. The molecule has 0 saturated heterocycles. The van der Waals surface area contributed by atoms with Gasteiger partial charge in [0.15, 0.2) is 5.75 Å². The predicted molar refractivity (Wildman–Crippen MR) is 81.9 cm³/mol. The topological polar surface area (TPSA) is 57.5 Å². The molecule has 2 aromatic rings. The van der Waals surface area contributed by atoms with E-state index in [1.54, 1.807) is 11.5 Å². The van der Waals surface area contributed by atoms with E-state index >= 15 is 0 Å². The molecule has 0 unspecified atom stereocenters. The van der Waals surface area contributed by atoms with Gasteiger partial charge in [0.1, 0.15) is 17.5 Å². The Kier molecular flexibility index (Phi) is 3.68. The van der Waals surface area contributed by atoms with Crippen molar-refractivity contribution in [3.8, 4) is 5.75 Å². The lowest BCUT2D eigenvalue weighted by molar-refractivity contribution is 0.0523. The number of hydrogen-bond acceptors (Lipinski definition) is 4. The number of rotatable bonds is 2. The monoisotopic (exact) mass is 369 g/mol. The van der Waals surface area contributed by atoms with Gasteiger partial charge in [-0.1, -0.05) is 0 Å². The highest BCUT2D eigenvalue weighted by Gasteiger charge is 2.27. The third-order valence-electron chi connectivity index (χ3n) is 3.48. The molecule has 5 nitrogen and oxygen atoms in total. The molecule has 0 spiro atoms. The Morgan fingerprint density at radius 3 is 3.00 bits per heavy atom. The minimum atomic E-state index is -0.706. The fourth-order valence-corrected chi connectivity index (χ4v) is 2.99. The van der Waals surface area contributed by atoms with Crippen molar-refractivity contribution in [3.05, 3.63) is 38.3 Å². The van der Waals surface area contributed by atoms with E-state index in [0.717, 1.165) is 6.07 Å². The van der Waals surface area contributed by atoms with Crippen LogP contribution >= 0.6 is 15.9 Å². The first-order valence-electron chi connectivity index (χ1n) is 6.83. The maximum Gasteiger partial charge on any atom is 0.343 e. The van der Waals surface area contributed by atoms with Crippen LogP contribution in [0.5, 0.6) is 5.75 Å². The van der Waals surface area contributed by atoms with Gasteiger partial charge in [0.2, 0.25) is 5.43 Å². The number of hydrogen-bond donors (Lipinski definition) is 0. The molecule has 0 saturated carbocycles. The number of esters is 1. The molecule has 2 heterocycles. The number of aromatic nitrogens is 1. The van der Waals surface area contributed by atoms with Crippen molar-refractivity contribution in [1.82, 2.24) is 4.57 Å². The molecular weight excluding hydrogens is 357 g/mol. The summed E-state index contributed by atoms with van der Waals surface area (Å²) in [6.45, 7) is 4.10. The van der Waals surface area contributed by atoms with Gasteiger partial charge in [-0.2, -0.15) is 0 Å². The molecule has 7 heteroatoms. The quantitative estimate of drug-likeness (QED) is 0.763. The van der Waals surface area contributed by atoms with Crippen LogP contribution in [0.15, 0.2) is 21.5 Å². The maximum atomic E-state index is 14.0. The van der Waals surface area contributed by atoms with Gasteiger partial charge < -0.3 is 14.0 Å². The van der Waals surface area contributed by atoms with Gasteiger partial charge in [-0.05, 0) is 35.8 Å². The summed E-state index contributed by atoms with van der Waals surface area (Å²) < 4.78 is 26.5. The predicted octanol–water partition coefficient (Wildman–Crippen LogP) is 2.86. The third-order valence-corrected chi connectivity index (χ3v) is 4.22. The van der Waals surface area contributed by atoms with Crippen LogP contribution < -0.4 is 10.2 Å². The molecule has 1 atom stereocenters. The van der Waals surface area contributed by atoms with Gasteiger partial charge in [-0.3, -0.25) is 4.79 Å². The molecule has 0 radical (unpaired) electrons. The summed E-state index contributed by atoms with van der Waals surface area (Å²) >= 11 is 3.15. The summed E-state index contributed by atoms with van der Waals surface area (Å²) in [7, 11) is 0. The molecule has 1 aromatic carbocycles. The van der Waals surface area contributed by atoms with Gasteiger partial charge in [0.05, 0.1) is 28.5 Å². The summed E-state index contributed by atoms with van der Waals surface area (Å²) in [5.41, 5.74) is -0.184. The molecule has 0 N–H and O–H groups in total. The average Bonchev–Trinajstić information content (AvgIpc) is 2.47. The summed E-state index contributed by atoms with van der Waals surface area (Å²) in [6, 6.07) is 1.11. The fourth-order valence-electron chi connectivity index (χ4n) is 2.60. The first kappa shape index (κ1) is 15.0. The van der Waals surface area contributed by atoms with E-state index in [4.69, 9.17) is 9.47 Å². The van der Waals surface area contributed by atoms with Gasteiger partial charge in [-0.25, -0.2) is 9.18 Å². The standard InChI is InChI=1S/C15H13BrFNO4/c1-3-21-15(20)9-6-18-5-7(2)22-14-11(16)10(17)4-8(12(14)18)13(9)19/h4,6-7H,3,5H2,1-2H3/t7-/m1/s1. The van der Waals surface area contributed by atoms with Crippen molar-refractivity contribution < 1.29 is 18.7 Å². The molecule has 3 rings (SSSR count). The minimum Gasteiger partial charge on any atom is -0.485 e. The molecule has 0 aliphatic carbocycles. The Morgan fingerprint density at radius 2 is 2.32 bits per heavy atom. The van der Waals surface area contributed by atoms with Crippen LogP contribution in [-0.2, 0) is 11.3 Å². The number of benzene rings is 1. The summed E-state index contributed by atoms with van der Waals surface area (Å²) in [5.74, 6) is -1.04. The summed E-state index contributed by atoms with van der Waals surface area (Å²) in [6.07, 6.45) is 1.24. The first-order chi connectivity index (χ1) is 10.4. The van der Waals surface area contributed by atoms with Crippen molar-refractivity contribution in [3.63, 3.8) is 0 Å². The van der Waals surface area contributed by atoms with Gasteiger partial charge in [0, 0.05) is 6.20 Å². The second-order valence-electron chi connectivity index (χ2n) is 5.07. The van der Waals surface area contributed by atoms with E-state index in [9.17, 15) is 14.0 Å². The van der Waals surface area contributed by atoms with E-state index in [0.29, 0.717) is 12.1 Å². The highest BCUT2D eigenvalue weighted by atomic mass is 79.9. The van der Waals surface area contributed by atoms with Crippen LogP contribution in [0, 0.1) is 5.82 Å². The van der Waals surface area contributed by atoms with Gasteiger partial charge in [-0.15, -0.1) is 0 Å². The Morgan fingerprint density at radius 1 is 1.59 bits per heavy atom. The van der Waals surface area contributed by atoms with Crippen molar-refractivity contribution >= 4 is 32.8 Å². The number of ether oxygens (including phenoxy) is 2. The second-order valence-corrected chi connectivity index (χ2v) is 5.86. The van der Waals surface area contributed by atoms with Crippen molar-refractivity contribution in [1.29, 1.82) is 0 Å². The number of carbonyl (C=O) groups is 1. The summed E-state index contributed by atoms with van der Waals surface area (Å²) in [4.78, 5) is 24.4. The highest BCUT2D eigenvalue weighted by Crippen LogP contribution is 2.38. The molecule has 0 amide bonds. The molecule has 0 bridgehead atoms. The van der Waals surface area contributed by atoms with E-state index in [1.165, 1.54) is 6.20 Å². The number of halogens is 2. The lowest BCUT2D eigenvalue weighted by atomic mass is 10.1. The average molecular weight is 370 g/mol. The Bertz CT molecular complexity index is 846. The van der Waals surface area contributed by atoms with E-state index in [2.05, 4.69) is 15.9 Å². The number of nitrogens with zero attached hydrogens (tertiary/aromatic N) is 1. The molecule has 0 fully saturated rings. The largest absolute Gasteiger partial charge is 0.485 e. The molecule has 22 heavy (non-hydrogen) atoms. The number of carbonyl (C=O) groups excluding carboxylic acids is 1. The Labute approximate surface area is 133 Å². The number of pyridine rings is 1. The maximum absolute atomic E-state index is 14.0. The zero-order valence-corrected chi connectivity index (χ0v) is 13.6. The molecular formula is C15H13BrFNO4. The Balaban J connectivity index is 2.38. The molecule has 1 aliphatic rings. The van der Waals surface area contributed by atoms with Gasteiger partial charge in [0.25, 0.3) is 0 Å². The first-order valence-corrected chi connectivity index (χ1v) is 7.62. The van der Waals surface area contributed by atoms with Crippen LogP contribution in [0.4, 0.5) is 4.39 Å². The third kappa shape index (κ3) is 2.20. The van der Waals surface area contributed by atoms with Crippen molar-refractivity contribution in [2.75, 3.05) is 6.61 Å².